The molecular weight excluding hydrogens is 338 g/mol. The number of anilines is 1. The van der Waals surface area contributed by atoms with E-state index in [0.29, 0.717) is 18.0 Å². The molecule has 0 unspecified atom stereocenters. The van der Waals surface area contributed by atoms with Crippen molar-refractivity contribution >= 4 is 21.3 Å². The van der Waals surface area contributed by atoms with Crippen molar-refractivity contribution in [2.45, 2.75) is 11.8 Å². The van der Waals surface area contributed by atoms with Gasteiger partial charge in [-0.1, -0.05) is 0 Å². The quantitative estimate of drug-likeness (QED) is 0.781. The molecule has 3 aromatic rings. The number of halogens is 2. The molecule has 2 aromatic heterocycles. The number of aromatic nitrogens is 3. The minimum absolute atomic E-state index is 0.0368. The second-order valence-electron chi connectivity index (χ2n) is 5.20. The molecule has 0 spiro atoms. The van der Waals surface area contributed by atoms with Gasteiger partial charge in [0, 0.05) is 12.8 Å². The second-order valence-corrected chi connectivity index (χ2v) is 7.22. The molecule has 0 radical (unpaired) electrons. The van der Waals surface area contributed by atoms with E-state index in [-0.39, 0.29) is 11.3 Å². The Labute approximate surface area is 137 Å². The fourth-order valence-electron chi connectivity index (χ4n) is 2.30. The van der Waals surface area contributed by atoms with Gasteiger partial charge in [-0.25, -0.2) is 22.2 Å². The van der Waals surface area contributed by atoms with Gasteiger partial charge < -0.3 is 5.32 Å². The van der Waals surface area contributed by atoms with E-state index in [4.69, 9.17) is 0 Å². The van der Waals surface area contributed by atoms with Crippen LogP contribution in [0.4, 0.5) is 14.7 Å². The number of fused-ring (bicyclic) bond motifs is 1. The zero-order valence-electron chi connectivity index (χ0n) is 12.9. The molecule has 0 aliphatic rings. The largest absolute Gasteiger partial charge is 0.354 e. The van der Waals surface area contributed by atoms with Gasteiger partial charge in [0.1, 0.15) is 11.6 Å². The third-order valence-electron chi connectivity index (χ3n) is 3.42. The van der Waals surface area contributed by atoms with Crippen molar-refractivity contribution < 1.29 is 17.2 Å². The van der Waals surface area contributed by atoms with E-state index in [1.54, 1.807) is 12.3 Å². The summed E-state index contributed by atoms with van der Waals surface area (Å²) >= 11 is 0. The third kappa shape index (κ3) is 2.82. The summed E-state index contributed by atoms with van der Waals surface area (Å²) in [6.07, 6.45) is 2.47. The highest BCUT2D eigenvalue weighted by Crippen LogP contribution is 2.28. The molecule has 126 valence electrons. The Kier molecular flexibility index (Phi) is 3.96. The first-order valence-corrected chi connectivity index (χ1v) is 8.98. The highest BCUT2D eigenvalue weighted by Gasteiger charge is 2.19. The molecule has 0 amide bonds. The number of hydrogen-bond donors (Lipinski definition) is 1. The van der Waals surface area contributed by atoms with Crippen LogP contribution in [0.25, 0.3) is 16.8 Å². The van der Waals surface area contributed by atoms with E-state index in [0.717, 1.165) is 18.4 Å². The average molecular weight is 352 g/mol. The monoisotopic (exact) mass is 352 g/mol. The highest BCUT2D eigenvalue weighted by molar-refractivity contribution is 7.90. The summed E-state index contributed by atoms with van der Waals surface area (Å²) in [5.41, 5.74) is 0.304. The zero-order chi connectivity index (χ0) is 17.5. The van der Waals surface area contributed by atoms with Gasteiger partial charge in [0.2, 0.25) is 5.95 Å². The topological polar surface area (TPSA) is 76.4 Å². The summed E-state index contributed by atoms with van der Waals surface area (Å²) in [6.45, 7) is 2.49. The summed E-state index contributed by atoms with van der Waals surface area (Å²) in [4.78, 5) is 3.72. The number of imidazole rings is 1. The lowest BCUT2D eigenvalue weighted by Gasteiger charge is -2.08. The molecule has 1 N–H and O–H groups in total. The Hall–Kier alpha value is -2.55. The van der Waals surface area contributed by atoms with Crippen LogP contribution in [0.1, 0.15) is 6.92 Å². The third-order valence-corrected chi connectivity index (χ3v) is 4.51. The lowest BCUT2D eigenvalue weighted by Crippen LogP contribution is -2.06. The van der Waals surface area contributed by atoms with Gasteiger partial charge >= 0.3 is 0 Å². The minimum Gasteiger partial charge on any atom is -0.354 e. The van der Waals surface area contributed by atoms with Crippen LogP contribution in [0.15, 0.2) is 35.4 Å². The molecule has 0 atom stereocenters. The van der Waals surface area contributed by atoms with Gasteiger partial charge in [-0.2, -0.15) is 9.61 Å². The van der Waals surface area contributed by atoms with Crippen LogP contribution in [0.3, 0.4) is 0 Å². The number of rotatable bonds is 4. The average Bonchev–Trinajstić information content (AvgIpc) is 2.89. The van der Waals surface area contributed by atoms with Gasteiger partial charge in [0.05, 0.1) is 27.9 Å². The maximum absolute atomic E-state index is 14.3. The minimum atomic E-state index is -3.71. The van der Waals surface area contributed by atoms with Crippen LogP contribution in [0, 0.1) is 11.6 Å². The molecule has 6 nitrogen and oxygen atoms in total. The number of nitrogens with zero attached hydrogens (tertiary/aromatic N) is 3. The van der Waals surface area contributed by atoms with Gasteiger partial charge in [-0.3, -0.25) is 0 Å². The molecule has 0 saturated heterocycles. The van der Waals surface area contributed by atoms with Crippen molar-refractivity contribution in [3.8, 4) is 11.3 Å². The number of sulfone groups is 1. The van der Waals surface area contributed by atoms with Crippen LogP contribution >= 0.6 is 0 Å². The molecular formula is C15H14F2N4O2S. The van der Waals surface area contributed by atoms with E-state index < -0.39 is 26.4 Å². The molecule has 0 fully saturated rings. The first kappa shape index (κ1) is 16.3. The van der Waals surface area contributed by atoms with E-state index >= 15 is 0 Å². The second kappa shape index (κ2) is 5.82. The predicted octanol–water partition coefficient (Wildman–Crippen LogP) is 2.51. The molecule has 0 bridgehead atoms. The maximum atomic E-state index is 14.3. The fourth-order valence-corrected chi connectivity index (χ4v) is 2.94. The van der Waals surface area contributed by atoms with Crippen molar-refractivity contribution in [2.75, 3.05) is 18.1 Å². The summed E-state index contributed by atoms with van der Waals surface area (Å²) in [5, 5.41) is 7.19. The zero-order valence-corrected chi connectivity index (χ0v) is 13.7. The Morgan fingerprint density at radius 3 is 2.46 bits per heavy atom. The van der Waals surface area contributed by atoms with E-state index in [1.807, 2.05) is 6.92 Å². The molecule has 0 aliphatic heterocycles. The molecule has 2 heterocycles. The van der Waals surface area contributed by atoms with Crippen LogP contribution in [0.5, 0.6) is 0 Å². The number of benzene rings is 1. The molecule has 24 heavy (non-hydrogen) atoms. The van der Waals surface area contributed by atoms with E-state index in [2.05, 4.69) is 15.4 Å². The van der Waals surface area contributed by atoms with Gasteiger partial charge in [-0.05, 0) is 31.2 Å². The predicted molar refractivity (Wildman–Crippen MR) is 85.6 cm³/mol. The molecule has 3 rings (SSSR count). The van der Waals surface area contributed by atoms with Crippen molar-refractivity contribution in [1.29, 1.82) is 0 Å². The molecule has 1 aromatic carbocycles. The normalized spacial score (nSPS) is 11.8. The lowest BCUT2D eigenvalue weighted by atomic mass is 10.1. The van der Waals surface area contributed by atoms with Crippen molar-refractivity contribution in [3.05, 3.63) is 42.1 Å². The fraction of sp³-hybridized carbons (Fsp3) is 0.200. The van der Waals surface area contributed by atoms with Gasteiger partial charge in [0.15, 0.2) is 9.84 Å². The number of nitrogens with one attached hydrogen (secondary N) is 1. The SMILES string of the molecule is CCNc1ncc2ccc(-c3c(F)cc(S(C)(=O)=O)cc3F)nn12. The number of hydrogen-bond acceptors (Lipinski definition) is 5. The van der Waals surface area contributed by atoms with Crippen molar-refractivity contribution in [2.24, 2.45) is 0 Å². The highest BCUT2D eigenvalue weighted by atomic mass is 32.2. The molecule has 0 saturated carbocycles. The summed E-state index contributed by atoms with van der Waals surface area (Å²) in [6, 6.07) is 4.66. The van der Waals surface area contributed by atoms with E-state index in [1.165, 1.54) is 10.6 Å². The van der Waals surface area contributed by atoms with Gasteiger partial charge in [-0.15, -0.1) is 0 Å². The molecule has 0 aliphatic carbocycles. The first-order chi connectivity index (χ1) is 11.3. The van der Waals surface area contributed by atoms with Crippen LogP contribution < -0.4 is 5.32 Å². The van der Waals surface area contributed by atoms with Crippen LogP contribution in [0.2, 0.25) is 0 Å². The lowest BCUT2D eigenvalue weighted by molar-refractivity contribution is 0.572. The van der Waals surface area contributed by atoms with Crippen molar-refractivity contribution in [3.63, 3.8) is 0 Å². The summed E-state index contributed by atoms with van der Waals surface area (Å²) in [5.74, 6) is -1.54. The Bertz CT molecular complexity index is 1010. The van der Waals surface area contributed by atoms with Gasteiger partial charge in [0.25, 0.3) is 0 Å². The molecule has 9 heteroatoms. The van der Waals surface area contributed by atoms with Crippen molar-refractivity contribution in [1.82, 2.24) is 14.6 Å². The smallest absolute Gasteiger partial charge is 0.224 e. The van der Waals surface area contributed by atoms with Crippen LogP contribution in [-0.4, -0.2) is 35.8 Å². The Morgan fingerprint density at radius 1 is 1.21 bits per heavy atom. The standard InChI is InChI=1S/C15H14F2N4O2S/c1-3-18-15-19-8-9-4-5-13(20-21(9)15)14-11(16)6-10(7-12(14)17)24(2,22)23/h4-8H,3H2,1-2H3,(H,18,19). The first-order valence-electron chi connectivity index (χ1n) is 7.09. The van der Waals surface area contributed by atoms with E-state index in [9.17, 15) is 17.2 Å². The maximum Gasteiger partial charge on any atom is 0.224 e. The Morgan fingerprint density at radius 2 is 1.88 bits per heavy atom. The Balaban J connectivity index is 2.18. The summed E-state index contributed by atoms with van der Waals surface area (Å²) < 4.78 is 53.0. The van der Waals surface area contributed by atoms with Crippen LogP contribution in [-0.2, 0) is 9.84 Å². The summed E-state index contributed by atoms with van der Waals surface area (Å²) in [7, 11) is -3.71.